The maximum absolute atomic E-state index is 11.9. The zero-order valence-corrected chi connectivity index (χ0v) is 14.8. The van der Waals surface area contributed by atoms with Crippen LogP contribution in [0.2, 0.25) is 0 Å². The van der Waals surface area contributed by atoms with Gasteiger partial charge in [0.1, 0.15) is 12.7 Å². The lowest BCUT2D eigenvalue weighted by Gasteiger charge is -2.13. The molecule has 2 amide bonds. The molecule has 1 aliphatic rings. The van der Waals surface area contributed by atoms with Crippen LogP contribution >= 0.6 is 0 Å². The van der Waals surface area contributed by atoms with Crippen molar-refractivity contribution in [3.63, 3.8) is 0 Å². The number of carbonyl (C=O) groups is 2. The molecule has 0 heterocycles. The molecule has 134 valence electrons. The first-order valence-electron chi connectivity index (χ1n) is 8.82. The second-order valence-electron chi connectivity index (χ2n) is 6.22. The highest BCUT2D eigenvalue weighted by Gasteiger charge is 2.10. The van der Waals surface area contributed by atoms with Gasteiger partial charge in [-0.25, -0.2) is 0 Å². The zero-order chi connectivity index (χ0) is 17.9. The largest absolute Gasteiger partial charge is 0.356 e. The summed E-state index contributed by atoms with van der Waals surface area (Å²) in [6.45, 7) is 2.51. The quantitative estimate of drug-likeness (QED) is 0.747. The van der Waals surface area contributed by atoms with Gasteiger partial charge in [0.25, 0.3) is 0 Å². The number of benzene rings is 1. The third-order valence-corrected chi connectivity index (χ3v) is 4.00. The highest BCUT2D eigenvalue weighted by molar-refractivity contribution is 5.77. The fourth-order valence-electron chi connectivity index (χ4n) is 2.53. The van der Waals surface area contributed by atoms with Crippen molar-refractivity contribution >= 4 is 11.8 Å². The smallest absolute Gasteiger partial charge is 0.246 e. The van der Waals surface area contributed by atoms with Crippen LogP contribution in [-0.4, -0.2) is 24.5 Å². The number of nitrogens with one attached hydrogen (secondary N) is 2. The molecule has 0 radical (unpaired) electrons. The minimum Gasteiger partial charge on any atom is -0.356 e. The van der Waals surface area contributed by atoms with E-state index < -0.39 is 0 Å². The predicted octanol–water partition coefficient (Wildman–Crippen LogP) is 2.29. The van der Waals surface area contributed by atoms with E-state index in [2.05, 4.69) is 22.5 Å². The van der Waals surface area contributed by atoms with Crippen LogP contribution in [0.4, 0.5) is 0 Å². The van der Waals surface area contributed by atoms with E-state index in [9.17, 15) is 9.59 Å². The SMILES string of the molecule is CC(=O)NCc1ccc(CNC(=O)COC2C#CCCCCC2)cc1. The molecule has 0 bridgehead atoms. The zero-order valence-electron chi connectivity index (χ0n) is 14.8. The molecule has 0 saturated carbocycles. The van der Waals surface area contributed by atoms with Crippen molar-refractivity contribution in [1.29, 1.82) is 0 Å². The van der Waals surface area contributed by atoms with Gasteiger partial charge in [0, 0.05) is 26.4 Å². The average molecular weight is 342 g/mol. The Bertz CT molecular complexity index is 629. The predicted molar refractivity (Wildman–Crippen MR) is 96.4 cm³/mol. The molecule has 5 heteroatoms. The molecule has 0 fully saturated rings. The van der Waals surface area contributed by atoms with Crippen LogP contribution in [-0.2, 0) is 27.4 Å². The Morgan fingerprint density at radius 1 is 1.08 bits per heavy atom. The lowest BCUT2D eigenvalue weighted by Crippen LogP contribution is -2.29. The topological polar surface area (TPSA) is 67.4 Å². The summed E-state index contributed by atoms with van der Waals surface area (Å²) in [5.41, 5.74) is 2.03. The van der Waals surface area contributed by atoms with Crippen LogP contribution in [0.5, 0.6) is 0 Å². The second-order valence-corrected chi connectivity index (χ2v) is 6.22. The van der Waals surface area contributed by atoms with Crippen molar-refractivity contribution in [1.82, 2.24) is 10.6 Å². The molecule has 1 aliphatic carbocycles. The molecule has 1 atom stereocenters. The molecule has 1 aromatic carbocycles. The molecule has 0 aliphatic heterocycles. The molecule has 0 saturated heterocycles. The molecular formula is C20H26N2O3. The third-order valence-electron chi connectivity index (χ3n) is 4.00. The standard InChI is InChI=1S/C20H26N2O3/c1-16(23)21-13-17-9-11-18(12-10-17)14-22-20(24)15-25-19-7-5-3-2-4-6-8-19/h9-12,19H,2-5,7,13-15H2,1H3,(H,21,23)(H,22,24). The van der Waals surface area contributed by atoms with E-state index >= 15 is 0 Å². The average Bonchev–Trinajstić information content (AvgIpc) is 2.58. The van der Waals surface area contributed by atoms with E-state index in [1.807, 2.05) is 24.3 Å². The maximum atomic E-state index is 11.9. The molecule has 2 N–H and O–H groups in total. The van der Waals surface area contributed by atoms with Gasteiger partial charge in [-0.05, 0) is 30.4 Å². The van der Waals surface area contributed by atoms with Crippen molar-refractivity contribution in [2.45, 2.75) is 58.2 Å². The number of hydrogen-bond donors (Lipinski definition) is 2. The Hall–Kier alpha value is -2.32. The molecule has 1 aromatic rings. The van der Waals surface area contributed by atoms with Crippen LogP contribution in [0.15, 0.2) is 24.3 Å². The minimum atomic E-state index is -0.133. The van der Waals surface area contributed by atoms with Crippen molar-refractivity contribution in [2.75, 3.05) is 6.61 Å². The highest BCUT2D eigenvalue weighted by Crippen LogP contribution is 2.10. The number of rotatable bonds is 7. The number of ether oxygens (including phenoxy) is 1. The van der Waals surface area contributed by atoms with Gasteiger partial charge in [0.05, 0.1) is 0 Å². The third kappa shape index (κ3) is 7.86. The van der Waals surface area contributed by atoms with Gasteiger partial charge in [0.2, 0.25) is 11.8 Å². The molecule has 2 rings (SSSR count). The van der Waals surface area contributed by atoms with Gasteiger partial charge in [-0.3, -0.25) is 9.59 Å². The highest BCUT2D eigenvalue weighted by atomic mass is 16.5. The van der Waals surface area contributed by atoms with Gasteiger partial charge in [-0.2, -0.15) is 0 Å². The molecule has 0 spiro atoms. The first kappa shape index (κ1) is 19.0. The van der Waals surface area contributed by atoms with Gasteiger partial charge in [-0.15, -0.1) is 5.92 Å². The van der Waals surface area contributed by atoms with E-state index in [1.54, 1.807) is 0 Å². The van der Waals surface area contributed by atoms with E-state index in [4.69, 9.17) is 4.74 Å². The molecular weight excluding hydrogens is 316 g/mol. The number of hydrogen-bond acceptors (Lipinski definition) is 3. The number of carbonyl (C=O) groups excluding carboxylic acids is 2. The van der Waals surface area contributed by atoms with E-state index in [1.165, 1.54) is 13.3 Å². The normalized spacial score (nSPS) is 16.8. The van der Waals surface area contributed by atoms with Gasteiger partial charge in [0.15, 0.2) is 0 Å². The second kappa shape index (κ2) is 10.5. The van der Waals surface area contributed by atoms with Crippen molar-refractivity contribution in [3.05, 3.63) is 35.4 Å². The minimum absolute atomic E-state index is 0.0416. The van der Waals surface area contributed by atoms with Crippen molar-refractivity contribution in [3.8, 4) is 11.8 Å². The van der Waals surface area contributed by atoms with Crippen LogP contribution in [0.1, 0.15) is 50.2 Å². The van der Waals surface area contributed by atoms with Gasteiger partial charge >= 0.3 is 0 Å². The summed E-state index contributed by atoms with van der Waals surface area (Å²) in [4.78, 5) is 22.8. The Labute approximate surface area is 149 Å². The molecule has 25 heavy (non-hydrogen) atoms. The van der Waals surface area contributed by atoms with Crippen LogP contribution in [0.3, 0.4) is 0 Å². The molecule has 1 unspecified atom stereocenters. The Kier molecular flexibility index (Phi) is 8.00. The van der Waals surface area contributed by atoms with Crippen molar-refractivity contribution in [2.24, 2.45) is 0 Å². The fourth-order valence-corrected chi connectivity index (χ4v) is 2.53. The molecule has 0 aromatic heterocycles. The fraction of sp³-hybridized carbons (Fsp3) is 0.500. The summed E-state index contributed by atoms with van der Waals surface area (Å²) in [5, 5.41) is 5.61. The lowest BCUT2D eigenvalue weighted by molar-refractivity contribution is -0.127. The van der Waals surface area contributed by atoms with Crippen LogP contribution in [0, 0.1) is 11.8 Å². The maximum Gasteiger partial charge on any atom is 0.246 e. The summed E-state index contributed by atoms with van der Waals surface area (Å²) in [6.07, 6.45) is 5.13. The summed E-state index contributed by atoms with van der Waals surface area (Å²) >= 11 is 0. The Balaban J connectivity index is 1.69. The monoisotopic (exact) mass is 342 g/mol. The lowest BCUT2D eigenvalue weighted by atomic mass is 10.1. The van der Waals surface area contributed by atoms with Crippen LogP contribution < -0.4 is 10.6 Å². The van der Waals surface area contributed by atoms with E-state index in [0.717, 1.165) is 36.8 Å². The molecule has 5 nitrogen and oxygen atoms in total. The summed E-state index contributed by atoms with van der Waals surface area (Å²) in [6, 6.07) is 7.77. The summed E-state index contributed by atoms with van der Waals surface area (Å²) in [7, 11) is 0. The Morgan fingerprint density at radius 2 is 1.76 bits per heavy atom. The van der Waals surface area contributed by atoms with E-state index in [-0.39, 0.29) is 24.5 Å². The first-order valence-corrected chi connectivity index (χ1v) is 8.82. The van der Waals surface area contributed by atoms with Gasteiger partial charge < -0.3 is 15.4 Å². The first-order chi connectivity index (χ1) is 12.1. The summed E-state index contributed by atoms with van der Waals surface area (Å²) < 4.78 is 5.62. The number of amides is 2. The summed E-state index contributed by atoms with van der Waals surface area (Å²) in [5.74, 6) is 6.02. The Morgan fingerprint density at radius 3 is 2.44 bits per heavy atom. The van der Waals surface area contributed by atoms with E-state index in [0.29, 0.717) is 13.1 Å². The van der Waals surface area contributed by atoms with Gasteiger partial charge in [-0.1, -0.05) is 36.6 Å². The van der Waals surface area contributed by atoms with Crippen LogP contribution in [0.25, 0.3) is 0 Å². The van der Waals surface area contributed by atoms with Crippen molar-refractivity contribution < 1.29 is 14.3 Å².